The minimum atomic E-state index is -0.386. The molecule has 0 radical (unpaired) electrons. The molecule has 1 saturated heterocycles. The first-order valence-corrected chi connectivity index (χ1v) is 8.34. The van der Waals surface area contributed by atoms with Gasteiger partial charge in [0.05, 0.1) is 0 Å². The first kappa shape index (κ1) is 15.7. The first-order valence-electron chi connectivity index (χ1n) is 8.34. The van der Waals surface area contributed by atoms with Gasteiger partial charge in [-0.3, -0.25) is 0 Å². The predicted molar refractivity (Wildman–Crippen MR) is 81.7 cm³/mol. The lowest BCUT2D eigenvalue weighted by Crippen LogP contribution is -2.38. The average molecular weight is 281 g/mol. The Balaban J connectivity index is 1.95. The molecule has 3 heteroatoms. The number of hydrogen-bond acceptors (Lipinski definition) is 2. The highest BCUT2D eigenvalue weighted by Crippen LogP contribution is 2.48. The maximum atomic E-state index is 12.2. The molecule has 2 rings (SSSR count). The normalized spacial score (nSPS) is 26.6. The molecule has 0 aromatic rings. The Morgan fingerprint density at radius 3 is 2.45 bits per heavy atom. The van der Waals surface area contributed by atoms with Gasteiger partial charge >= 0.3 is 6.09 Å². The lowest BCUT2D eigenvalue weighted by atomic mass is 9.64. The summed E-state index contributed by atoms with van der Waals surface area (Å²) in [7, 11) is 0. The van der Waals surface area contributed by atoms with E-state index in [1.54, 1.807) is 0 Å². The van der Waals surface area contributed by atoms with E-state index in [0.29, 0.717) is 11.3 Å². The smallest absolute Gasteiger partial charge is 0.410 e. The van der Waals surface area contributed by atoms with Crippen LogP contribution in [0.2, 0.25) is 0 Å². The van der Waals surface area contributed by atoms with Crippen LogP contribution in [-0.2, 0) is 4.74 Å². The summed E-state index contributed by atoms with van der Waals surface area (Å²) in [5.41, 5.74) is 0.109. The highest BCUT2D eigenvalue weighted by Gasteiger charge is 2.43. The SMILES string of the molecule is CCC1(C2CCN(C(=O)OC(C)(C)C)C2)CCCCC1. The van der Waals surface area contributed by atoms with Crippen LogP contribution in [0.4, 0.5) is 4.79 Å². The van der Waals surface area contributed by atoms with Crippen LogP contribution >= 0.6 is 0 Å². The van der Waals surface area contributed by atoms with Gasteiger partial charge in [-0.2, -0.15) is 0 Å². The second-order valence-electron chi connectivity index (χ2n) is 7.69. The molecule has 0 spiro atoms. The summed E-state index contributed by atoms with van der Waals surface area (Å²) in [5.74, 6) is 0.681. The van der Waals surface area contributed by atoms with Crippen molar-refractivity contribution in [3.05, 3.63) is 0 Å². The summed E-state index contributed by atoms with van der Waals surface area (Å²) in [6.07, 6.45) is 9.15. The third kappa shape index (κ3) is 3.48. The van der Waals surface area contributed by atoms with Crippen molar-refractivity contribution in [2.75, 3.05) is 13.1 Å². The number of hydrogen-bond donors (Lipinski definition) is 0. The molecule has 2 fully saturated rings. The summed E-state index contributed by atoms with van der Waals surface area (Å²) in [5, 5.41) is 0. The van der Waals surface area contributed by atoms with Crippen molar-refractivity contribution < 1.29 is 9.53 Å². The van der Waals surface area contributed by atoms with Gasteiger partial charge in [0.15, 0.2) is 0 Å². The lowest BCUT2D eigenvalue weighted by Gasteiger charge is -2.41. The van der Waals surface area contributed by atoms with Gasteiger partial charge in [-0.15, -0.1) is 0 Å². The molecule has 1 saturated carbocycles. The predicted octanol–water partition coefficient (Wildman–Crippen LogP) is 4.60. The number of rotatable bonds is 2. The van der Waals surface area contributed by atoms with E-state index in [2.05, 4.69) is 6.92 Å². The molecule has 0 N–H and O–H groups in total. The molecule has 2 aliphatic rings. The Morgan fingerprint density at radius 1 is 1.25 bits per heavy atom. The van der Waals surface area contributed by atoms with Crippen LogP contribution in [0, 0.1) is 11.3 Å². The van der Waals surface area contributed by atoms with Gasteiger partial charge in [-0.05, 0) is 51.4 Å². The number of carbonyl (C=O) groups is 1. The van der Waals surface area contributed by atoms with Gasteiger partial charge in [-0.25, -0.2) is 4.79 Å². The maximum absolute atomic E-state index is 12.2. The van der Waals surface area contributed by atoms with Crippen molar-refractivity contribution in [1.82, 2.24) is 4.90 Å². The first-order chi connectivity index (χ1) is 9.36. The van der Waals surface area contributed by atoms with Gasteiger partial charge in [0.1, 0.15) is 5.60 Å². The van der Waals surface area contributed by atoms with E-state index in [0.717, 1.165) is 19.5 Å². The third-order valence-corrected chi connectivity index (χ3v) is 5.26. The Morgan fingerprint density at radius 2 is 1.90 bits per heavy atom. The van der Waals surface area contributed by atoms with E-state index in [1.165, 1.54) is 38.5 Å². The third-order valence-electron chi connectivity index (χ3n) is 5.26. The molecule has 3 nitrogen and oxygen atoms in total. The van der Waals surface area contributed by atoms with Crippen LogP contribution < -0.4 is 0 Å². The number of likely N-dealkylation sites (tertiary alicyclic amines) is 1. The quantitative estimate of drug-likeness (QED) is 0.740. The van der Waals surface area contributed by atoms with Crippen molar-refractivity contribution in [2.24, 2.45) is 11.3 Å². The van der Waals surface area contributed by atoms with Crippen LogP contribution in [-0.4, -0.2) is 29.7 Å². The highest BCUT2D eigenvalue weighted by molar-refractivity contribution is 5.68. The summed E-state index contributed by atoms with van der Waals surface area (Å²) in [6, 6.07) is 0. The van der Waals surface area contributed by atoms with Crippen molar-refractivity contribution in [2.45, 2.75) is 78.2 Å². The van der Waals surface area contributed by atoms with Crippen molar-refractivity contribution in [3.63, 3.8) is 0 Å². The zero-order valence-corrected chi connectivity index (χ0v) is 13.7. The van der Waals surface area contributed by atoms with Crippen LogP contribution in [0.5, 0.6) is 0 Å². The summed E-state index contributed by atoms with van der Waals surface area (Å²) in [6.45, 7) is 9.93. The molecule has 1 aliphatic carbocycles. The molecule has 20 heavy (non-hydrogen) atoms. The zero-order valence-electron chi connectivity index (χ0n) is 13.7. The van der Waals surface area contributed by atoms with Crippen LogP contribution in [0.3, 0.4) is 0 Å². The molecule has 0 aromatic heterocycles. The monoisotopic (exact) mass is 281 g/mol. The molecule has 1 unspecified atom stereocenters. The van der Waals surface area contributed by atoms with Crippen LogP contribution in [0.15, 0.2) is 0 Å². The largest absolute Gasteiger partial charge is 0.444 e. The van der Waals surface area contributed by atoms with E-state index < -0.39 is 0 Å². The summed E-state index contributed by atoms with van der Waals surface area (Å²) >= 11 is 0. The lowest BCUT2D eigenvalue weighted by molar-refractivity contribution is 0.0253. The number of nitrogens with zero attached hydrogens (tertiary/aromatic N) is 1. The molecular formula is C17H31NO2. The van der Waals surface area contributed by atoms with E-state index in [1.807, 2.05) is 25.7 Å². The number of carbonyl (C=O) groups excluding carboxylic acids is 1. The molecule has 116 valence electrons. The standard InChI is InChI=1S/C17H31NO2/c1-5-17(10-7-6-8-11-17)14-9-12-18(13-14)15(19)20-16(2,3)4/h14H,5-13H2,1-4H3. The van der Waals surface area contributed by atoms with Crippen molar-refractivity contribution in [1.29, 1.82) is 0 Å². The Labute approximate surface area is 124 Å². The highest BCUT2D eigenvalue weighted by atomic mass is 16.6. The minimum Gasteiger partial charge on any atom is -0.444 e. The molecule has 0 bridgehead atoms. The van der Waals surface area contributed by atoms with E-state index in [-0.39, 0.29) is 11.7 Å². The van der Waals surface area contributed by atoms with Gasteiger partial charge in [0, 0.05) is 13.1 Å². The van der Waals surface area contributed by atoms with E-state index in [4.69, 9.17) is 4.74 Å². The Hall–Kier alpha value is -0.730. The average Bonchev–Trinajstić information content (AvgIpc) is 2.88. The fraction of sp³-hybridized carbons (Fsp3) is 0.941. The van der Waals surface area contributed by atoms with Gasteiger partial charge in [0.2, 0.25) is 0 Å². The van der Waals surface area contributed by atoms with Gasteiger partial charge < -0.3 is 9.64 Å². The fourth-order valence-corrected chi connectivity index (χ4v) is 4.06. The molecule has 1 heterocycles. The van der Waals surface area contributed by atoms with E-state index in [9.17, 15) is 4.79 Å². The summed E-state index contributed by atoms with van der Waals surface area (Å²) in [4.78, 5) is 14.1. The van der Waals surface area contributed by atoms with Gasteiger partial charge in [-0.1, -0.05) is 32.6 Å². The fourth-order valence-electron chi connectivity index (χ4n) is 4.06. The van der Waals surface area contributed by atoms with E-state index >= 15 is 0 Å². The van der Waals surface area contributed by atoms with Crippen molar-refractivity contribution >= 4 is 6.09 Å². The Bertz CT molecular complexity index is 339. The zero-order chi connectivity index (χ0) is 14.8. The van der Waals surface area contributed by atoms with Crippen LogP contribution in [0.1, 0.15) is 72.6 Å². The molecule has 1 amide bonds. The molecular weight excluding hydrogens is 250 g/mol. The van der Waals surface area contributed by atoms with Crippen molar-refractivity contribution in [3.8, 4) is 0 Å². The number of ether oxygens (including phenoxy) is 1. The van der Waals surface area contributed by atoms with Gasteiger partial charge in [0.25, 0.3) is 0 Å². The molecule has 0 aromatic carbocycles. The number of amides is 1. The second-order valence-corrected chi connectivity index (χ2v) is 7.69. The summed E-state index contributed by atoms with van der Waals surface area (Å²) < 4.78 is 5.51. The second kappa shape index (κ2) is 5.95. The Kier molecular flexibility index (Phi) is 4.66. The maximum Gasteiger partial charge on any atom is 0.410 e. The molecule has 1 aliphatic heterocycles. The minimum absolute atomic E-state index is 0.123. The topological polar surface area (TPSA) is 29.5 Å². The molecule has 1 atom stereocenters. The van der Waals surface area contributed by atoms with Crippen LogP contribution in [0.25, 0.3) is 0 Å².